The van der Waals surface area contributed by atoms with Gasteiger partial charge in [-0.15, -0.1) is 0 Å². The van der Waals surface area contributed by atoms with Crippen molar-refractivity contribution >= 4 is 0 Å². The van der Waals surface area contributed by atoms with E-state index in [1.165, 1.54) is 83.5 Å². The summed E-state index contributed by atoms with van der Waals surface area (Å²) in [6, 6.07) is 0. The summed E-state index contributed by atoms with van der Waals surface area (Å²) in [5, 5.41) is 0. The molecule has 0 heteroatoms. The first kappa shape index (κ1) is 12.2. The predicted octanol–water partition coefficient (Wildman–Crippen LogP) is 5.63. The highest BCUT2D eigenvalue weighted by molar-refractivity contribution is 5.02. The van der Waals surface area contributed by atoms with Crippen LogP contribution in [0.25, 0.3) is 0 Å². The van der Waals surface area contributed by atoms with Crippen LogP contribution in [0.5, 0.6) is 0 Å². The van der Waals surface area contributed by atoms with E-state index < -0.39 is 0 Å². The molecule has 0 unspecified atom stereocenters. The van der Waals surface area contributed by atoms with Crippen LogP contribution in [0.1, 0.15) is 83.5 Å². The molecule has 0 radical (unpaired) electrons. The zero-order chi connectivity index (χ0) is 11.1. The van der Waals surface area contributed by atoms with Gasteiger partial charge in [-0.2, -0.15) is 0 Å². The third kappa shape index (κ3) is 3.64. The standard InChI is InChI=1S/C16H28/c1-2-4-6-8-12-16(14-10-11-15-16)13-9-7-5-3-1/h8,12H,1-7,9-11,13-15H2/b12-8+. The molecule has 0 aliphatic heterocycles. The molecule has 2 aliphatic carbocycles. The van der Waals surface area contributed by atoms with Crippen molar-refractivity contribution in [3.05, 3.63) is 12.2 Å². The minimum atomic E-state index is 0.638. The van der Waals surface area contributed by atoms with Crippen molar-refractivity contribution in [2.75, 3.05) is 0 Å². The third-order valence-electron chi connectivity index (χ3n) is 4.62. The second-order valence-electron chi connectivity index (χ2n) is 5.99. The summed E-state index contributed by atoms with van der Waals surface area (Å²) in [6.07, 6.45) is 24.1. The Kier molecular flexibility index (Phi) is 4.93. The van der Waals surface area contributed by atoms with Gasteiger partial charge in [-0.05, 0) is 37.5 Å². The van der Waals surface area contributed by atoms with Gasteiger partial charge in [0.25, 0.3) is 0 Å². The van der Waals surface area contributed by atoms with E-state index >= 15 is 0 Å². The Morgan fingerprint density at radius 2 is 1.06 bits per heavy atom. The SMILES string of the molecule is C1=C/C2(CCCCCCCCC/1)CCCC2. The molecule has 2 rings (SSSR count). The van der Waals surface area contributed by atoms with Gasteiger partial charge in [-0.25, -0.2) is 0 Å². The molecule has 1 fully saturated rings. The Morgan fingerprint density at radius 1 is 0.562 bits per heavy atom. The third-order valence-corrected chi connectivity index (χ3v) is 4.62. The van der Waals surface area contributed by atoms with Gasteiger partial charge in [-0.3, -0.25) is 0 Å². The lowest BCUT2D eigenvalue weighted by molar-refractivity contribution is 0.342. The molecule has 0 aromatic heterocycles. The van der Waals surface area contributed by atoms with E-state index in [2.05, 4.69) is 12.2 Å². The van der Waals surface area contributed by atoms with Crippen molar-refractivity contribution in [2.24, 2.45) is 5.41 Å². The number of allylic oxidation sites excluding steroid dienone is 2. The highest BCUT2D eigenvalue weighted by Gasteiger charge is 2.30. The first-order chi connectivity index (χ1) is 7.91. The molecule has 2 aliphatic rings. The molecular weight excluding hydrogens is 192 g/mol. The highest BCUT2D eigenvalue weighted by atomic mass is 14.3. The largest absolute Gasteiger partial charge is 0.0880 e. The van der Waals surface area contributed by atoms with Gasteiger partial charge in [0.05, 0.1) is 0 Å². The second kappa shape index (κ2) is 6.47. The van der Waals surface area contributed by atoms with E-state index in [0.29, 0.717) is 5.41 Å². The van der Waals surface area contributed by atoms with Crippen LogP contribution in [-0.2, 0) is 0 Å². The zero-order valence-corrected chi connectivity index (χ0v) is 10.8. The molecule has 0 nitrogen and oxygen atoms in total. The maximum absolute atomic E-state index is 2.61. The Balaban J connectivity index is 1.90. The summed E-state index contributed by atoms with van der Waals surface area (Å²) in [6.45, 7) is 0. The van der Waals surface area contributed by atoms with E-state index in [1.807, 2.05) is 0 Å². The predicted molar refractivity (Wildman–Crippen MR) is 71.6 cm³/mol. The first-order valence-electron chi connectivity index (χ1n) is 7.59. The number of rotatable bonds is 0. The van der Waals surface area contributed by atoms with Gasteiger partial charge >= 0.3 is 0 Å². The molecule has 0 amide bonds. The molecule has 0 N–H and O–H groups in total. The molecule has 1 spiro atoms. The molecule has 0 aromatic rings. The Morgan fingerprint density at radius 3 is 1.75 bits per heavy atom. The number of hydrogen-bond acceptors (Lipinski definition) is 0. The molecule has 0 bridgehead atoms. The average molecular weight is 220 g/mol. The minimum Gasteiger partial charge on any atom is -0.0880 e. The van der Waals surface area contributed by atoms with Crippen LogP contribution in [0, 0.1) is 5.41 Å². The maximum atomic E-state index is 2.61. The molecule has 92 valence electrons. The lowest BCUT2D eigenvalue weighted by Gasteiger charge is -2.25. The van der Waals surface area contributed by atoms with Crippen molar-refractivity contribution in [3.63, 3.8) is 0 Å². The summed E-state index contributed by atoms with van der Waals surface area (Å²) in [4.78, 5) is 0. The van der Waals surface area contributed by atoms with Crippen LogP contribution in [0.15, 0.2) is 12.2 Å². The van der Waals surface area contributed by atoms with Crippen LogP contribution < -0.4 is 0 Å². The van der Waals surface area contributed by atoms with Crippen LogP contribution >= 0.6 is 0 Å². The van der Waals surface area contributed by atoms with Crippen LogP contribution in [0.3, 0.4) is 0 Å². The van der Waals surface area contributed by atoms with Gasteiger partial charge in [0, 0.05) is 0 Å². The average Bonchev–Trinajstić information content (AvgIpc) is 2.73. The van der Waals surface area contributed by atoms with Gasteiger partial charge in [-0.1, -0.05) is 63.5 Å². The van der Waals surface area contributed by atoms with Crippen molar-refractivity contribution in [3.8, 4) is 0 Å². The fourth-order valence-corrected chi connectivity index (χ4v) is 3.54. The molecule has 0 heterocycles. The quantitative estimate of drug-likeness (QED) is 0.464. The lowest BCUT2D eigenvalue weighted by Crippen LogP contribution is -2.12. The second-order valence-corrected chi connectivity index (χ2v) is 5.99. The molecule has 0 saturated heterocycles. The molecular formula is C16H28. The van der Waals surface area contributed by atoms with Crippen LogP contribution in [0.4, 0.5) is 0 Å². The van der Waals surface area contributed by atoms with Gasteiger partial charge < -0.3 is 0 Å². The first-order valence-corrected chi connectivity index (χ1v) is 7.59. The summed E-state index contributed by atoms with van der Waals surface area (Å²) in [5.41, 5.74) is 0.638. The van der Waals surface area contributed by atoms with E-state index in [0.717, 1.165) is 0 Å². The zero-order valence-electron chi connectivity index (χ0n) is 10.8. The Labute approximate surface area is 102 Å². The van der Waals surface area contributed by atoms with E-state index in [1.54, 1.807) is 0 Å². The van der Waals surface area contributed by atoms with Gasteiger partial charge in [0.2, 0.25) is 0 Å². The molecule has 0 atom stereocenters. The van der Waals surface area contributed by atoms with Crippen molar-refractivity contribution < 1.29 is 0 Å². The number of hydrogen-bond donors (Lipinski definition) is 0. The lowest BCUT2D eigenvalue weighted by atomic mass is 9.80. The summed E-state index contributed by atoms with van der Waals surface area (Å²) >= 11 is 0. The fourth-order valence-electron chi connectivity index (χ4n) is 3.54. The maximum Gasteiger partial charge on any atom is -0.0118 e. The van der Waals surface area contributed by atoms with Crippen molar-refractivity contribution in [1.29, 1.82) is 0 Å². The fraction of sp³-hybridized carbons (Fsp3) is 0.875. The summed E-state index contributed by atoms with van der Waals surface area (Å²) in [7, 11) is 0. The van der Waals surface area contributed by atoms with Crippen molar-refractivity contribution in [2.45, 2.75) is 83.5 Å². The molecule has 1 saturated carbocycles. The van der Waals surface area contributed by atoms with E-state index in [9.17, 15) is 0 Å². The van der Waals surface area contributed by atoms with Crippen LogP contribution in [-0.4, -0.2) is 0 Å². The van der Waals surface area contributed by atoms with E-state index in [-0.39, 0.29) is 0 Å². The minimum absolute atomic E-state index is 0.638. The monoisotopic (exact) mass is 220 g/mol. The molecule has 0 aromatic carbocycles. The highest BCUT2D eigenvalue weighted by Crippen LogP contribution is 2.44. The summed E-state index contributed by atoms with van der Waals surface area (Å²) in [5.74, 6) is 0. The Hall–Kier alpha value is -0.260. The smallest absolute Gasteiger partial charge is 0.0118 e. The van der Waals surface area contributed by atoms with Crippen LogP contribution in [0.2, 0.25) is 0 Å². The Bertz CT molecular complexity index is 208. The molecule has 16 heavy (non-hydrogen) atoms. The summed E-state index contributed by atoms with van der Waals surface area (Å²) < 4.78 is 0. The van der Waals surface area contributed by atoms with Gasteiger partial charge in [0.1, 0.15) is 0 Å². The normalized spacial score (nSPS) is 29.5. The topological polar surface area (TPSA) is 0 Å². The van der Waals surface area contributed by atoms with Gasteiger partial charge in [0.15, 0.2) is 0 Å². The van der Waals surface area contributed by atoms with Crippen molar-refractivity contribution in [1.82, 2.24) is 0 Å². The van der Waals surface area contributed by atoms with E-state index in [4.69, 9.17) is 0 Å².